The van der Waals surface area contributed by atoms with E-state index in [1.54, 1.807) is 0 Å². The van der Waals surface area contributed by atoms with Crippen LogP contribution in [0.4, 0.5) is 8.78 Å². The maximum absolute atomic E-state index is 12.8. The summed E-state index contributed by atoms with van der Waals surface area (Å²) >= 11 is 0. The molecule has 0 aromatic carbocycles. The van der Waals surface area contributed by atoms with Crippen molar-refractivity contribution in [3.63, 3.8) is 0 Å². The minimum atomic E-state index is -2.60. The lowest BCUT2D eigenvalue weighted by Gasteiger charge is -2.39. The highest BCUT2D eigenvalue weighted by Gasteiger charge is 2.57. The molecule has 2 saturated carbocycles. The summed E-state index contributed by atoms with van der Waals surface area (Å²) in [5, 5.41) is 2.90. The lowest BCUT2D eigenvalue weighted by molar-refractivity contribution is -0.122. The van der Waals surface area contributed by atoms with E-state index in [1.165, 1.54) is 25.7 Å². The van der Waals surface area contributed by atoms with Crippen LogP contribution < -0.4 is 5.32 Å². The summed E-state index contributed by atoms with van der Waals surface area (Å²) in [5.74, 6) is -3.55. The molecule has 0 bridgehead atoms. The first-order chi connectivity index (χ1) is 9.36. The smallest absolute Gasteiger partial charge is 0.252 e. The van der Waals surface area contributed by atoms with Crippen LogP contribution in [0, 0.1) is 5.92 Å². The molecule has 1 N–H and O–H groups in total. The molecule has 5 heteroatoms. The summed E-state index contributed by atoms with van der Waals surface area (Å²) in [7, 11) is 4.10. The first-order valence-electron chi connectivity index (χ1n) is 7.68. The van der Waals surface area contributed by atoms with Crippen LogP contribution >= 0.6 is 0 Å². The van der Waals surface area contributed by atoms with Crippen molar-refractivity contribution in [1.82, 2.24) is 10.2 Å². The van der Waals surface area contributed by atoms with Gasteiger partial charge in [0.05, 0.1) is 0 Å². The fourth-order valence-corrected chi connectivity index (χ4v) is 3.22. The van der Waals surface area contributed by atoms with E-state index in [4.69, 9.17) is 0 Å². The van der Waals surface area contributed by atoms with Crippen LogP contribution in [0.15, 0.2) is 0 Å². The minimum Gasteiger partial charge on any atom is -0.354 e. The number of nitrogens with zero attached hydrogens (tertiary/aromatic N) is 1. The van der Waals surface area contributed by atoms with Gasteiger partial charge in [-0.3, -0.25) is 4.79 Å². The average Bonchev–Trinajstić information content (AvgIpc) is 3.03. The van der Waals surface area contributed by atoms with E-state index in [-0.39, 0.29) is 24.3 Å². The molecule has 2 fully saturated rings. The van der Waals surface area contributed by atoms with Gasteiger partial charge in [-0.15, -0.1) is 0 Å². The molecule has 1 atom stereocenters. The van der Waals surface area contributed by atoms with Gasteiger partial charge in [-0.25, -0.2) is 8.78 Å². The molecule has 0 aromatic rings. The number of amides is 1. The normalized spacial score (nSPS) is 27.9. The molecule has 0 aliphatic heterocycles. The van der Waals surface area contributed by atoms with Crippen LogP contribution in [-0.2, 0) is 4.79 Å². The number of alkyl halides is 2. The molecule has 1 unspecified atom stereocenters. The molecule has 20 heavy (non-hydrogen) atoms. The minimum absolute atomic E-state index is 0.00176. The second-order valence-corrected chi connectivity index (χ2v) is 6.68. The van der Waals surface area contributed by atoms with E-state index >= 15 is 0 Å². The van der Waals surface area contributed by atoms with Crippen LogP contribution in [0.2, 0.25) is 0 Å². The van der Waals surface area contributed by atoms with Gasteiger partial charge in [0, 0.05) is 30.8 Å². The molecular weight excluding hydrogens is 262 g/mol. The second-order valence-electron chi connectivity index (χ2n) is 6.68. The molecule has 2 aliphatic carbocycles. The molecule has 0 aromatic heterocycles. The molecule has 1 amide bonds. The van der Waals surface area contributed by atoms with Crippen molar-refractivity contribution < 1.29 is 13.6 Å². The predicted octanol–water partition coefficient (Wildman–Crippen LogP) is 2.80. The first kappa shape index (κ1) is 15.7. The van der Waals surface area contributed by atoms with E-state index < -0.39 is 11.8 Å². The Kier molecular flexibility index (Phi) is 4.67. The van der Waals surface area contributed by atoms with Crippen molar-refractivity contribution >= 4 is 5.91 Å². The number of rotatable bonds is 5. The Balaban J connectivity index is 1.84. The summed E-state index contributed by atoms with van der Waals surface area (Å²) in [4.78, 5) is 14.0. The van der Waals surface area contributed by atoms with Gasteiger partial charge in [0.15, 0.2) is 0 Å². The second kappa shape index (κ2) is 5.96. The number of hydrogen-bond donors (Lipinski definition) is 1. The maximum atomic E-state index is 12.8. The van der Waals surface area contributed by atoms with Crippen LogP contribution in [0.25, 0.3) is 0 Å². The Morgan fingerprint density at radius 3 is 2.20 bits per heavy atom. The fourth-order valence-electron chi connectivity index (χ4n) is 3.22. The van der Waals surface area contributed by atoms with E-state index in [9.17, 15) is 13.6 Å². The molecule has 116 valence electrons. The van der Waals surface area contributed by atoms with Gasteiger partial charge in [0.25, 0.3) is 5.92 Å². The van der Waals surface area contributed by atoms with E-state index in [1.807, 2.05) is 14.1 Å². The van der Waals surface area contributed by atoms with E-state index in [2.05, 4.69) is 10.2 Å². The van der Waals surface area contributed by atoms with Crippen LogP contribution in [0.3, 0.4) is 0 Å². The first-order valence-corrected chi connectivity index (χ1v) is 7.68. The molecule has 0 heterocycles. The van der Waals surface area contributed by atoms with Gasteiger partial charge in [0.1, 0.15) is 0 Å². The third kappa shape index (κ3) is 3.68. The van der Waals surface area contributed by atoms with Crippen molar-refractivity contribution in [2.75, 3.05) is 20.6 Å². The Labute approximate surface area is 120 Å². The Hall–Kier alpha value is -0.710. The summed E-state index contributed by atoms with van der Waals surface area (Å²) in [6, 6.07) is 0. The monoisotopic (exact) mass is 288 g/mol. The molecule has 0 spiro atoms. The zero-order chi connectivity index (χ0) is 14.8. The van der Waals surface area contributed by atoms with Gasteiger partial charge in [-0.05, 0) is 26.9 Å². The van der Waals surface area contributed by atoms with Gasteiger partial charge < -0.3 is 10.2 Å². The lowest BCUT2D eigenvalue weighted by Crippen LogP contribution is -2.52. The van der Waals surface area contributed by atoms with Gasteiger partial charge in [-0.1, -0.05) is 25.7 Å². The highest BCUT2D eigenvalue weighted by atomic mass is 19.3. The number of hydrogen-bond acceptors (Lipinski definition) is 2. The summed E-state index contributed by atoms with van der Waals surface area (Å²) in [5.41, 5.74) is -0.00176. The fraction of sp³-hybridized carbons (Fsp3) is 0.933. The number of halogens is 2. The van der Waals surface area contributed by atoms with Crippen molar-refractivity contribution in [1.29, 1.82) is 0 Å². The summed E-state index contributed by atoms with van der Waals surface area (Å²) in [6.07, 6.45) is 6.83. The zero-order valence-corrected chi connectivity index (χ0v) is 12.6. The third-order valence-electron chi connectivity index (χ3n) is 4.99. The average molecular weight is 288 g/mol. The molecule has 2 aliphatic rings. The topological polar surface area (TPSA) is 32.3 Å². The highest BCUT2D eigenvalue weighted by Crippen LogP contribution is 2.50. The third-order valence-corrected chi connectivity index (χ3v) is 4.99. The lowest BCUT2D eigenvalue weighted by atomic mass is 9.88. The number of carbonyl (C=O) groups is 1. The van der Waals surface area contributed by atoms with E-state index in [0.29, 0.717) is 6.54 Å². The Morgan fingerprint density at radius 2 is 1.75 bits per heavy atom. The highest BCUT2D eigenvalue weighted by molar-refractivity contribution is 5.76. The molecule has 3 nitrogen and oxygen atoms in total. The maximum Gasteiger partial charge on any atom is 0.252 e. The van der Waals surface area contributed by atoms with Crippen molar-refractivity contribution in [3.8, 4) is 0 Å². The van der Waals surface area contributed by atoms with Gasteiger partial charge in [0.2, 0.25) is 5.91 Å². The molecular formula is C15H26F2N2O. The summed E-state index contributed by atoms with van der Waals surface area (Å²) < 4.78 is 25.6. The van der Waals surface area contributed by atoms with E-state index in [0.717, 1.165) is 12.8 Å². The summed E-state index contributed by atoms with van der Waals surface area (Å²) in [6.45, 7) is 0.580. The zero-order valence-electron chi connectivity index (χ0n) is 12.6. The quantitative estimate of drug-likeness (QED) is 0.789. The van der Waals surface area contributed by atoms with Gasteiger partial charge in [-0.2, -0.15) is 0 Å². The number of nitrogens with one attached hydrogen (secondary N) is 1. The number of carbonyl (C=O) groups excluding carboxylic acids is 1. The van der Waals surface area contributed by atoms with Crippen molar-refractivity contribution in [2.24, 2.45) is 5.92 Å². The Bertz CT molecular complexity index is 350. The standard InChI is InChI=1S/C15H26F2N2O/c1-19(2)14(7-5-3-4-6-8-14)11-18-13(20)9-12-10-15(12,16)17/h12H,3-11H2,1-2H3,(H,18,20). The van der Waals surface area contributed by atoms with Gasteiger partial charge >= 0.3 is 0 Å². The van der Waals surface area contributed by atoms with Crippen LogP contribution in [-0.4, -0.2) is 42.9 Å². The van der Waals surface area contributed by atoms with Crippen molar-refractivity contribution in [2.45, 2.75) is 62.8 Å². The van der Waals surface area contributed by atoms with Crippen LogP contribution in [0.1, 0.15) is 51.4 Å². The predicted molar refractivity (Wildman–Crippen MR) is 74.8 cm³/mol. The number of likely N-dealkylation sites (N-methyl/N-ethyl adjacent to an activating group) is 1. The molecule has 0 radical (unpaired) electrons. The molecule has 2 rings (SSSR count). The molecule has 0 saturated heterocycles. The Morgan fingerprint density at radius 1 is 1.20 bits per heavy atom. The largest absolute Gasteiger partial charge is 0.354 e. The van der Waals surface area contributed by atoms with Crippen molar-refractivity contribution in [3.05, 3.63) is 0 Å². The van der Waals surface area contributed by atoms with Crippen LogP contribution in [0.5, 0.6) is 0 Å². The SMILES string of the molecule is CN(C)C1(CNC(=O)CC2CC2(F)F)CCCCCC1.